The molecule has 0 aliphatic heterocycles. The van der Waals surface area contributed by atoms with Crippen molar-refractivity contribution in [3.8, 4) is 0 Å². The Kier molecular flexibility index (Phi) is 4.43. The van der Waals surface area contributed by atoms with Gasteiger partial charge in [0.2, 0.25) is 5.91 Å². The summed E-state index contributed by atoms with van der Waals surface area (Å²) in [5, 5.41) is 12.1. The molecule has 4 N–H and O–H groups in total. The molecule has 1 amide bonds. The van der Waals surface area contributed by atoms with Crippen molar-refractivity contribution in [2.45, 2.75) is 31.1 Å². The molecule has 1 aliphatic rings. The van der Waals surface area contributed by atoms with Crippen LogP contribution in [0.4, 0.5) is 0 Å². The number of carbonyl (C=O) groups is 1. The topological polar surface area (TPSA) is 75.3 Å². The largest absolute Gasteiger partial charge is 0.395 e. The zero-order valence-electron chi connectivity index (χ0n) is 9.32. The molecule has 5 heteroatoms. The van der Waals surface area contributed by atoms with Crippen LogP contribution in [0.25, 0.3) is 0 Å². The van der Waals surface area contributed by atoms with Crippen molar-refractivity contribution in [3.05, 3.63) is 0 Å². The first-order chi connectivity index (χ1) is 7.09. The molecule has 1 saturated carbocycles. The molecule has 4 nitrogen and oxygen atoms in total. The second kappa shape index (κ2) is 5.18. The lowest BCUT2D eigenvalue weighted by Crippen LogP contribution is -2.46. The van der Waals surface area contributed by atoms with Crippen molar-refractivity contribution in [3.63, 3.8) is 0 Å². The molecule has 0 bridgehead atoms. The van der Waals surface area contributed by atoms with Gasteiger partial charge in [-0.1, -0.05) is 0 Å². The molecule has 1 fully saturated rings. The fourth-order valence-corrected chi connectivity index (χ4v) is 2.19. The van der Waals surface area contributed by atoms with E-state index in [0.717, 1.165) is 12.8 Å². The van der Waals surface area contributed by atoms with Crippen LogP contribution < -0.4 is 11.1 Å². The van der Waals surface area contributed by atoms with Gasteiger partial charge in [0.25, 0.3) is 0 Å². The zero-order valence-corrected chi connectivity index (χ0v) is 10.1. The van der Waals surface area contributed by atoms with Crippen molar-refractivity contribution in [1.82, 2.24) is 5.32 Å². The minimum absolute atomic E-state index is 0.0125. The van der Waals surface area contributed by atoms with Gasteiger partial charge in [-0.05, 0) is 26.0 Å². The lowest BCUT2D eigenvalue weighted by atomic mass is 10.1. The molecular weight excluding hydrogens is 212 g/mol. The zero-order chi connectivity index (χ0) is 11.5. The predicted molar refractivity (Wildman–Crippen MR) is 62.7 cm³/mol. The second-order valence-corrected chi connectivity index (χ2v) is 5.28. The average Bonchev–Trinajstić information content (AvgIpc) is 3.00. The van der Waals surface area contributed by atoms with Gasteiger partial charge in [-0.25, -0.2) is 0 Å². The van der Waals surface area contributed by atoms with Crippen molar-refractivity contribution in [2.24, 2.45) is 11.1 Å². The summed E-state index contributed by atoms with van der Waals surface area (Å²) in [6, 6.07) is -0.0125. The van der Waals surface area contributed by atoms with Crippen molar-refractivity contribution < 1.29 is 9.90 Å². The Bertz CT molecular complexity index is 227. The van der Waals surface area contributed by atoms with Crippen LogP contribution in [-0.4, -0.2) is 41.7 Å². The van der Waals surface area contributed by atoms with Gasteiger partial charge in [-0.15, -0.1) is 0 Å². The van der Waals surface area contributed by atoms with E-state index in [1.165, 1.54) is 0 Å². The van der Waals surface area contributed by atoms with Crippen LogP contribution in [0.15, 0.2) is 0 Å². The Hall–Kier alpha value is -0.260. The summed E-state index contributed by atoms with van der Waals surface area (Å²) in [7, 11) is 0. The maximum Gasteiger partial charge on any atom is 0.227 e. The predicted octanol–water partition coefficient (Wildman–Crippen LogP) is -0.0461. The number of nitrogens with one attached hydrogen (secondary N) is 1. The van der Waals surface area contributed by atoms with E-state index in [2.05, 4.69) is 5.32 Å². The number of hydrogen-bond acceptors (Lipinski definition) is 4. The van der Waals surface area contributed by atoms with Gasteiger partial charge in [0.15, 0.2) is 0 Å². The van der Waals surface area contributed by atoms with E-state index in [-0.39, 0.29) is 29.2 Å². The van der Waals surface area contributed by atoms with E-state index in [1.807, 2.05) is 13.2 Å². The minimum atomic E-state index is -0.299. The lowest BCUT2D eigenvalue weighted by Gasteiger charge is -2.23. The van der Waals surface area contributed by atoms with Crippen LogP contribution in [0.2, 0.25) is 0 Å². The highest BCUT2D eigenvalue weighted by atomic mass is 32.2. The van der Waals surface area contributed by atoms with Crippen LogP contribution in [0.1, 0.15) is 19.8 Å². The molecule has 0 aromatic carbocycles. The van der Waals surface area contributed by atoms with Gasteiger partial charge in [0, 0.05) is 17.8 Å². The standard InChI is InChI=1S/C10H20N2O2S/c1-7(8(5-13)15-2)12-9(14)10(6-11)3-4-10/h7-8,13H,3-6,11H2,1-2H3,(H,12,14). The van der Waals surface area contributed by atoms with E-state index in [1.54, 1.807) is 11.8 Å². The number of rotatable bonds is 6. The van der Waals surface area contributed by atoms with Gasteiger partial charge in [-0.2, -0.15) is 11.8 Å². The number of aliphatic hydroxyl groups is 1. The molecule has 1 rings (SSSR count). The highest BCUT2D eigenvalue weighted by molar-refractivity contribution is 7.99. The van der Waals surface area contributed by atoms with Crippen molar-refractivity contribution in [2.75, 3.05) is 19.4 Å². The normalized spacial score (nSPS) is 21.9. The molecular formula is C10H20N2O2S. The third-order valence-corrected chi connectivity index (χ3v) is 4.29. The van der Waals surface area contributed by atoms with Gasteiger partial charge < -0.3 is 16.2 Å². The summed E-state index contributed by atoms with van der Waals surface area (Å²) in [5.41, 5.74) is 5.27. The molecule has 2 unspecified atom stereocenters. The first-order valence-electron chi connectivity index (χ1n) is 5.24. The molecule has 88 valence electrons. The van der Waals surface area contributed by atoms with Crippen LogP contribution in [-0.2, 0) is 4.79 Å². The van der Waals surface area contributed by atoms with E-state index in [9.17, 15) is 4.79 Å². The average molecular weight is 232 g/mol. The summed E-state index contributed by atoms with van der Waals surface area (Å²) in [5.74, 6) is 0.0463. The molecule has 0 aromatic rings. The molecule has 2 atom stereocenters. The minimum Gasteiger partial charge on any atom is -0.395 e. The van der Waals surface area contributed by atoms with Gasteiger partial charge in [0.1, 0.15) is 0 Å². The molecule has 0 aromatic heterocycles. The third-order valence-electron chi connectivity index (χ3n) is 3.13. The fourth-order valence-electron chi connectivity index (χ4n) is 1.56. The summed E-state index contributed by atoms with van der Waals surface area (Å²) in [6.45, 7) is 2.43. The monoisotopic (exact) mass is 232 g/mol. The Morgan fingerprint density at radius 1 is 1.67 bits per heavy atom. The summed E-state index contributed by atoms with van der Waals surface area (Å²) >= 11 is 1.56. The lowest BCUT2D eigenvalue weighted by molar-refractivity contribution is -0.126. The van der Waals surface area contributed by atoms with Crippen LogP contribution in [0, 0.1) is 5.41 Å². The highest BCUT2D eigenvalue weighted by Crippen LogP contribution is 2.44. The number of amides is 1. The third kappa shape index (κ3) is 2.86. The number of carbonyl (C=O) groups excluding carboxylic acids is 1. The SMILES string of the molecule is CSC(CO)C(C)NC(=O)C1(CN)CC1. The number of nitrogens with two attached hydrogens (primary N) is 1. The molecule has 0 radical (unpaired) electrons. The summed E-state index contributed by atoms with van der Waals surface area (Å²) in [4.78, 5) is 11.8. The number of aliphatic hydroxyl groups excluding tert-OH is 1. The quantitative estimate of drug-likeness (QED) is 0.600. The first kappa shape index (κ1) is 12.8. The Morgan fingerprint density at radius 3 is 2.60 bits per heavy atom. The van der Waals surface area contributed by atoms with E-state index in [0.29, 0.717) is 6.54 Å². The van der Waals surface area contributed by atoms with Crippen LogP contribution in [0.3, 0.4) is 0 Å². The summed E-state index contributed by atoms with van der Waals surface area (Å²) in [6.07, 6.45) is 3.72. The van der Waals surface area contributed by atoms with E-state index >= 15 is 0 Å². The Labute approximate surface area is 95.0 Å². The molecule has 0 spiro atoms. The Morgan fingerprint density at radius 2 is 2.27 bits per heavy atom. The molecule has 0 saturated heterocycles. The maximum absolute atomic E-state index is 11.8. The second-order valence-electron chi connectivity index (χ2n) is 4.20. The van der Waals surface area contributed by atoms with Gasteiger partial charge in [-0.3, -0.25) is 4.79 Å². The number of hydrogen-bond donors (Lipinski definition) is 3. The maximum atomic E-state index is 11.8. The Balaban J connectivity index is 2.44. The molecule has 0 heterocycles. The molecule has 1 aliphatic carbocycles. The van der Waals surface area contributed by atoms with Crippen molar-refractivity contribution in [1.29, 1.82) is 0 Å². The fraction of sp³-hybridized carbons (Fsp3) is 0.900. The summed E-state index contributed by atoms with van der Waals surface area (Å²) < 4.78 is 0. The van der Waals surface area contributed by atoms with Gasteiger partial charge >= 0.3 is 0 Å². The van der Waals surface area contributed by atoms with Crippen molar-refractivity contribution >= 4 is 17.7 Å². The highest BCUT2D eigenvalue weighted by Gasteiger charge is 2.48. The van der Waals surface area contributed by atoms with Crippen LogP contribution >= 0.6 is 11.8 Å². The van der Waals surface area contributed by atoms with E-state index < -0.39 is 0 Å². The van der Waals surface area contributed by atoms with Crippen LogP contribution in [0.5, 0.6) is 0 Å². The van der Waals surface area contributed by atoms with Gasteiger partial charge in [0.05, 0.1) is 12.0 Å². The number of thioether (sulfide) groups is 1. The molecule has 15 heavy (non-hydrogen) atoms. The first-order valence-corrected chi connectivity index (χ1v) is 6.53. The van der Waals surface area contributed by atoms with E-state index in [4.69, 9.17) is 10.8 Å². The smallest absolute Gasteiger partial charge is 0.227 e.